The van der Waals surface area contributed by atoms with Gasteiger partial charge < -0.3 is 20.3 Å². The van der Waals surface area contributed by atoms with Crippen LogP contribution in [-0.4, -0.2) is 56.1 Å². The van der Waals surface area contributed by atoms with Crippen LogP contribution in [0, 0.1) is 13.8 Å². The van der Waals surface area contributed by atoms with Gasteiger partial charge in [-0.2, -0.15) is 0 Å². The van der Waals surface area contributed by atoms with Gasteiger partial charge in [0.2, 0.25) is 11.8 Å². The third-order valence-electron chi connectivity index (χ3n) is 4.36. The zero-order valence-electron chi connectivity index (χ0n) is 15.1. The third-order valence-corrected chi connectivity index (χ3v) is 4.36. The summed E-state index contributed by atoms with van der Waals surface area (Å²) in [6.45, 7) is 5.70. The van der Waals surface area contributed by atoms with Gasteiger partial charge in [-0.05, 0) is 43.9 Å². The number of anilines is 1. The molecule has 0 bridgehead atoms. The quantitative estimate of drug-likeness (QED) is 0.770. The summed E-state index contributed by atoms with van der Waals surface area (Å²) in [5.41, 5.74) is 2.95. The van der Waals surface area contributed by atoms with E-state index in [1.165, 1.54) is 4.90 Å². The number of carbonyl (C=O) groups is 2. The molecule has 1 aromatic rings. The Morgan fingerprint density at radius 2 is 2.08 bits per heavy atom. The fraction of sp³-hybridized carbons (Fsp3) is 0.556. The molecule has 1 aromatic carbocycles. The second-order valence-electron chi connectivity index (χ2n) is 6.31. The average molecular weight is 370 g/mol. The molecule has 7 heteroatoms. The molecule has 1 heterocycles. The van der Waals surface area contributed by atoms with Gasteiger partial charge in [0.1, 0.15) is 0 Å². The maximum Gasteiger partial charge on any atom is 0.243 e. The van der Waals surface area contributed by atoms with E-state index >= 15 is 0 Å². The van der Waals surface area contributed by atoms with Crippen LogP contribution in [0.2, 0.25) is 0 Å². The molecule has 6 nitrogen and oxygen atoms in total. The number of carbonyl (C=O) groups excluding carboxylic acids is 2. The average Bonchev–Trinajstić information content (AvgIpc) is 3.05. The molecule has 0 spiro atoms. The van der Waals surface area contributed by atoms with Crippen LogP contribution in [-0.2, 0) is 14.3 Å². The van der Waals surface area contributed by atoms with E-state index in [0.29, 0.717) is 6.54 Å². The smallest absolute Gasteiger partial charge is 0.243 e. The summed E-state index contributed by atoms with van der Waals surface area (Å²) in [7, 11) is 1.64. The summed E-state index contributed by atoms with van der Waals surface area (Å²) < 4.78 is 5.50. The Hall–Kier alpha value is -1.63. The zero-order valence-corrected chi connectivity index (χ0v) is 15.9. The van der Waals surface area contributed by atoms with E-state index in [1.807, 2.05) is 32.0 Å². The molecule has 1 aliphatic rings. The maximum absolute atomic E-state index is 12.1. The monoisotopic (exact) mass is 369 g/mol. The molecule has 0 aliphatic carbocycles. The number of hydrogen-bond donors (Lipinski definition) is 2. The number of likely N-dealkylation sites (N-methyl/N-ethyl adjacent to an activating group) is 1. The second-order valence-corrected chi connectivity index (χ2v) is 6.31. The molecular weight excluding hydrogens is 342 g/mol. The summed E-state index contributed by atoms with van der Waals surface area (Å²) in [5.74, 6) is -0.303. The van der Waals surface area contributed by atoms with Gasteiger partial charge in [-0.1, -0.05) is 12.1 Å². The van der Waals surface area contributed by atoms with Crippen molar-refractivity contribution in [3.63, 3.8) is 0 Å². The lowest BCUT2D eigenvalue weighted by Crippen LogP contribution is -2.41. The van der Waals surface area contributed by atoms with E-state index in [0.717, 1.165) is 36.3 Å². The van der Waals surface area contributed by atoms with Crippen molar-refractivity contribution < 1.29 is 14.3 Å². The van der Waals surface area contributed by atoms with Crippen LogP contribution in [0.25, 0.3) is 0 Å². The van der Waals surface area contributed by atoms with Crippen molar-refractivity contribution in [1.29, 1.82) is 0 Å². The Morgan fingerprint density at radius 1 is 1.32 bits per heavy atom. The first-order valence-electron chi connectivity index (χ1n) is 8.39. The van der Waals surface area contributed by atoms with Crippen molar-refractivity contribution >= 4 is 29.9 Å². The molecule has 2 amide bonds. The second kappa shape index (κ2) is 10.4. The van der Waals surface area contributed by atoms with Crippen molar-refractivity contribution in [2.24, 2.45) is 0 Å². The fourth-order valence-corrected chi connectivity index (χ4v) is 2.66. The first kappa shape index (κ1) is 21.4. The molecule has 1 aliphatic heterocycles. The van der Waals surface area contributed by atoms with Gasteiger partial charge in [-0.15, -0.1) is 12.4 Å². The molecule has 140 valence electrons. The van der Waals surface area contributed by atoms with Crippen LogP contribution in [0.15, 0.2) is 18.2 Å². The van der Waals surface area contributed by atoms with E-state index in [-0.39, 0.29) is 43.4 Å². The molecule has 1 saturated heterocycles. The van der Waals surface area contributed by atoms with Gasteiger partial charge in [-0.25, -0.2) is 0 Å². The minimum atomic E-state index is -0.196. The van der Waals surface area contributed by atoms with E-state index in [1.54, 1.807) is 7.05 Å². The number of nitrogens with one attached hydrogen (secondary N) is 2. The van der Waals surface area contributed by atoms with Crippen molar-refractivity contribution in [2.75, 3.05) is 38.6 Å². The minimum Gasteiger partial charge on any atom is -0.377 e. The van der Waals surface area contributed by atoms with Gasteiger partial charge in [0.15, 0.2) is 0 Å². The number of hydrogen-bond acceptors (Lipinski definition) is 4. The van der Waals surface area contributed by atoms with Crippen LogP contribution in [0.4, 0.5) is 5.69 Å². The minimum absolute atomic E-state index is 0. The van der Waals surface area contributed by atoms with Crippen LogP contribution >= 0.6 is 12.4 Å². The molecule has 2 N–H and O–H groups in total. The highest BCUT2D eigenvalue weighted by Crippen LogP contribution is 2.17. The highest BCUT2D eigenvalue weighted by Gasteiger charge is 2.17. The van der Waals surface area contributed by atoms with Crippen molar-refractivity contribution in [1.82, 2.24) is 10.2 Å². The Kier molecular flexibility index (Phi) is 8.89. The molecule has 0 aromatic heterocycles. The largest absolute Gasteiger partial charge is 0.377 e. The highest BCUT2D eigenvalue weighted by molar-refractivity contribution is 5.95. The standard InChI is InChI=1S/C18H27N3O3.ClH/c1-13-6-4-8-16(14(13)2)20-17(22)12-21(3)18(23)11-19-10-15-7-5-9-24-15;/h4,6,8,15,19H,5,7,9-12H2,1-3H3,(H,20,22);1H. The van der Waals surface area contributed by atoms with E-state index in [2.05, 4.69) is 10.6 Å². The van der Waals surface area contributed by atoms with Gasteiger partial charge in [0.05, 0.1) is 19.2 Å². The van der Waals surface area contributed by atoms with E-state index in [9.17, 15) is 9.59 Å². The number of halogens is 1. The van der Waals surface area contributed by atoms with Gasteiger partial charge in [-0.3, -0.25) is 9.59 Å². The number of nitrogens with zero attached hydrogens (tertiary/aromatic N) is 1. The van der Waals surface area contributed by atoms with Gasteiger partial charge >= 0.3 is 0 Å². The SMILES string of the molecule is Cc1cccc(NC(=O)CN(C)C(=O)CNCC2CCCO2)c1C.Cl. The summed E-state index contributed by atoms with van der Waals surface area (Å²) >= 11 is 0. The predicted octanol–water partition coefficient (Wildman–Crippen LogP) is 1.89. The topological polar surface area (TPSA) is 70.7 Å². The van der Waals surface area contributed by atoms with E-state index < -0.39 is 0 Å². The molecule has 2 rings (SSSR count). The number of ether oxygens (including phenoxy) is 1. The molecule has 0 radical (unpaired) electrons. The van der Waals surface area contributed by atoms with Gasteiger partial charge in [0, 0.05) is 25.9 Å². The summed E-state index contributed by atoms with van der Waals surface area (Å²) in [4.78, 5) is 25.6. The lowest BCUT2D eigenvalue weighted by Gasteiger charge is -2.18. The van der Waals surface area contributed by atoms with Crippen LogP contribution in [0.5, 0.6) is 0 Å². The van der Waals surface area contributed by atoms with Gasteiger partial charge in [0.25, 0.3) is 0 Å². The summed E-state index contributed by atoms with van der Waals surface area (Å²) in [6.07, 6.45) is 2.32. The Balaban J connectivity index is 0.00000312. The Bertz CT molecular complexity index is 589. The number of aryl methyl sites for hydroxylation is 1. The predicted molar refractivity (Wildman–Crippen MR) is 101 cm³/mol. The van der Waals surface area contributed by atoms with Crippen molar-refractivity contribution in [3.8, 4) is 0 Å². The first-order valence-corrected chi connectivity index (χ1v) is 8.39. The van der Waals surface area contributed by atoms with Crippen molar-refractivity contribution in [2.45, 2.75) is 32.8 Å². The van der Waals surface area contributed by atoms with Crippen LogP contribution in [0.3, 0.4) is 0 Å². The number of rotatable bonds is 7. The first-order chi connectivity index (χ1) is 11.5. The highest BCUT2D eigenvalue weighted by atomic mass is 35.5. The Morgan fingerprint density at radius 3 is 2.76 bits per heavy atom. The van der Waals surface area contributed by atoms with E-state index in [4.69, 9.17) is 4.74 Å². The fourth-order valence-electron chi connectivity index (χ4n) is 2.66. The third kappa shape index (κ3) is 6.65. The molecule has 1 fully saturated rings. The zero-order chi connectivity index (χ0) is 17.5. The number of benzene rings is 1. The van der Waals surface area contributed by atoms with Crippen LogP contribution in [0.1, 0.15) is 24.0 Å². The molecular formula is C18H28ClN3O3. The normalized spacial score (nSPS) is 16.2. The van der Waals surface area contributed by atoms with Crippen molar-refractivity contribution in [3.05, 3.63) is 29.3 Å². The molecule has 1 atom stereocenters. The maximum atomic E-state index is 12.1. The summed E-state index contributed by atoms with van der Waals surface area (Å²) in [6, 6.07) is 5.77. The summed E-state index contributed by atoms with van der Waals surface area (Å²) in [5, 5.41) is 5.96. The molecule has 1 unspecified atom stereocenters. The molecule has 0 saturated carbocycles. The number of amides is 2. The van der Waals surface area contributed by atoms with Crippen LogP contribution < -0.4 is 10.6 Å². The lowest BCUT2D eigenvalue weighted by molar-refractivity contribution is -0.132. The Labute approximate surface area is 155 Å². The lowest BCUT2D eigenvalue weighted by atomic mass is 10.1. The molecule has 25 heavy (non-hydrogen) atoms.